The number of rotatable bonds is 0. The number of carbonyl (C=O) groups excluding carboxylic acids is 1. The highest BCUT2D eigenvalue weighted by molar-refractivity contribution is 6.58. The van der Waals surface area contributed by atoms with E-state index in [4.69, 9.17) is 27.9 Å². The molecule has 0 aromatic carbocycles. The summed E-state index contributed by atoms with van der Waals surface area (Å²) in [5, 5.41) is 0. The number of fused-ring (bicyclic) bond motifs is 1. The summed E-state index contributed by atoms with van der Waals surface area (Å²) in [6.45, 7) is 0. The second kappa shape index (κ2) is 2.64. The summed E-state index contributed by atoms with van der Waals surface area (Å²) >= 11 is 11.7. The Morgan fingerprint density at radius 1 is 1.58 bits per heavy atom. The van der Waals surface area contributed by atoms with Gasteiger partial charge in [-0.05, 0) is 18.9 Å². The van der Waals surface area contributed by atoms with Gasteiger partial charge in [-0.2, -0.15) is 0 Å². The van der Waals surface area contributed by atoms with Gasteiger partial charge in [0.2, 0.25) is 4.33 Å². The Morgan fingerprint density at radius 3 is 3.00 bits per heavy atom. The summed E-state index contributed by atoms with van der Waals surface area (Å²) in [5.74, 6) is -0.578. The Hall–Kier alpha value is -0.210. The van der Waals surface area contributed by atoms with E-state index in [0.717, 1.165) is 12.8 Å². The Kier molecular flexibility index (Phi) is 1.85. The van der Waals surface area contributed by atoms with Crippen LogP contribution in [-0.4, -0.2) is 16.4 Å². The van der Waals surface area contributed by atoms with Crippen molar-refractivity contribution in [3.63, 3.8) is 0 Å². The van der Waals surface area contributed by atoms with Crippen molar-refractivity contribution >= 4 is 29.2 Å². The molecule has 4 heteroatoms. The van der Waals surface area contributed by atoms with Gasteiger partial charge in [0.05, 0.1) is 0 Å². The van der Waals surface area contributed by atoms with Crippen molar-refractivity contribution in [3.05, 3.63) is 12.2 Å². The summed E-state index contributed by atoms with van der Waals surface area (Å²) in [6.07, 6.45) is 5.38. The highest BCUT2D eigenvalue weighted by atomic mass is 35.5. The molecule has 0 saturated carbocycles. The zero-order chi connectivity index (χ0) is 8.77. The van der Waals surface area contributed by atoms with Crippen molar-refractivity contribution in [3.8, 4) is 0 Å². The maximum absolute atomic E-state index is 11.1. The van der Waals surface area contributed by atoms with Crippen LogP contribution in [0.15, 0.2) is 12.2 Å². The maximum atomic E-state index is 11.1. The SMILES string of the molecule is O=C1O[C@@H]2C=CCC[C@@H]2C1(Cl)Cl. The Bertz CT molecular complexity index is 247. The number of allylic oxidation sites excluding steroid dienone is 1. The van der Waals surface area contributed by atoms with Crippen LogP contribution in [0.25, 0.3) is 0 Å². The average molecular weight is 207 g/mol. The number of esters is 1. The number of hydrogen-bond donors (Lipinski definition) is 0. The van der Waals surface area contributed by atoms with Gasteiger partial charge < -0.3 is 4.74 Å². The third-order valence-corrected chi connectivity index (χ3v) is 3.22. The van der Waals surface area contributed by atoms with Crippen molar-refractivity contribution in [2.45, 2.75) is 23.3 Å². The largest absolute Gasteiger partial charge is 0.455 e. The van der Waals surface area contributed by atoms with Gasteiger partial charge in [-0.15, -0.1) is 0 Å². The Morgan fingerprint density at radius 2 is 2.33 bits per heavy atom. The first-order valence-electron chi connectivity index (χ1n) is 3.88. The van der Waals surface area contributed by atoms with E-state index in [2.05, 4.69) is 0 Å². The topological polar surface area (TPSA) is 26.3 Å². The molecular weight excluding hydrogens is 199 g/mol. The highest BCUT2D eigenvalue weighted by Gasteiger charge is 2.54. The summed E-state index contributed by atoms with van der Waals surface area (Å²) in [7, 11) is 0. The molecule has 0 spiro atoms. The van der Waals surface area contributed by atoms with Crippen LogP contribution in [0.2, 0.25) is 0 Å². The van der Waals surface area contributed by atoms with Crippen molar-refractivity contribution in [2.24, 2.45) is 5.92 Å². The minimum Gasteiger partial charge on any atom is -0.455 e. The van der Waals surface area contributed by atoms with Crippen LogP contribution < -0.4 is 0 Å². The van der Waals surface area contributed by atoms with E-state index in [1.807, 2.05) is 12.2 Å². The lowest BCUT2D eigenvalue weighted by molar-refractivity contribution is -0.140. The average Bonchev–Trinajstić information content (AvgIpc) is 2.25. The van der Waals surface area contributed by atoms with Gasteiger partial charge in [-0.25, -0.2) is 4.79 Å². The van der Waals surface area contributed by atoms with Gasteiger partial charge in [0.1, 0.15) is 6.10 Å². The molecule has 2 rings (SSSR count). The van der Waals surface area contributed by atoms with Crippen LogP contribution >= 0.6 is 23.2 Å². The molecule has 1 aliphatic carbocycles. The molecule has 0 aromatic rings. The Balaban J connectivity index is 2.30. The van der Waals surface area contributed by atoms with E-state index < -0.39 is 10.3 Å². The molecule has 0 aromatic heterocycles. The van der Waals surface area contributed by atoms with E-state index in [1.54, 1.807) is 0 Å². The minimum atomic E-state index is -1.32. The van der Waals surface area contributed by atoms with Crippen LogP contribution in [0.4, 0.5) is 0 Å². The molecule has 0 N–H and O–H groups in total. The number of hydrogen-bond acceptors (Lipinski definition) is 2. The number of alkyl halides is 2. The fraction of sp³-hybridized carbons (Fsp3) is 0.625. The summed E-state index contributed by atoms with van der Waals surface area (Å²) < 4.78 is 3.67. The van der Waals surface area contributed by atoms with E-state index >= 15 is 0 Å². The van der Waals surface area contributed by atoms with Crippen LogP contribution in [-0.2, 0) is 9.53 Å². The summed E-state index contributed by atoms with van der Waals surface area (Å²) in [5.41, 5.74) is 0. The van der Waals surface area contributed by atoms with Crippen molar-refractivity contribution in [1.29, 1.82) is 0 Å². The molecule has 2 nitrogen and oxygen atoms in total. The van der Waals surface area contributed by atoms with Gasteiger partial charge in [0.15, 0.2) is 0 Å². The lowest BCUT2D eigenvalue weighted by atomic mass is 9.90. The zero-order valence-corrected chi connectivity index (χ0v) is 7.81. The predicted octanol–water partition coefficient (Wildman–Crippen LogP) is 2.05. The van der Waals surface area contributed by atoms with Crippen molar-refractivity contribution in [1.82, 2.24) is 0 Å². The molecule has 1 fully saturated rings. The lowest BCUT2D eigenvalue weighted by Gasteiger charge is -2.22. The molecule has 2 atom stereocenters. The molecule has 1 heterocycles. The second-order valence-corrected chi connectivity index (χ2v) is 4.49. The normalized spacial score (nSPS) is 37.7. The molecule has 1 saturated heterocycles. The Labute approximate surface area is 80.5 Å². The quantitative estimate of drug-likeness (QED) is 0.345. The molecule has 0 radical (unpaired) electrons. The maximum Gasteiger partial charge on any atom is 0.343 e. The van der Waals surface area contributed by atoms with Crippen molar-refractivity contribution < 1.29 is 9.53 Å². The molecular formula is C8H8Cl2O2. The van der Waals surface area contributed by atoms with Gasteiger partial charge in [0, 0.05) is 5.92 Å². The first-order valence-corrected chi connectivity index (χ1v) is 4.63. The van der Waals surface area contributed by atoms with Gasteiger partial charge in [0.25, 0.3) is 0 Å². The smallest absolute Gasteiger partial charge is 0.343 e. The lowest BCUT2D eigenvalue weighted by Crippen LogP contribution is -2.30. The third kappa shape index (κ3) is 1.05. The van der Waals surface area contributed by atoms with Gasteiger partial charge in [-0.3, -0.25) is 0 Å². The second-order valence-electron chi connectivity index (χ2n) is 3.10. The van der Waals surface area contributed by atoms with Crippen molar-refractivity contribution in [2.75, 3.05) is 0 Å². The number of ether oxygens (including phenoxy) is 1. The third-order valence-electron chi connectivity index (χ3n) is 2.35. The summed E-state index contributed by atoms with van der Waals surface area (Å²) in [4.78, 5) is 11.1. The van der Waals surface area contributed by atoms with E-state index in [1.165, 1.54) is 0 Å². The van der Waals surface area contributed by atoms with Crippen LogP contribution in [0.1, 0.15) is 12.8 Å². The minimum absolute atomic E-state index is 0.0710. The molecule has 2 aliphatic rings. The number of carbonyl (C=O) groups is 1. The molecule has 0 amide bonds. The van der Waals surface area contributed by atoms with E-state index in [9.17, 15) is 4.79 Å². The molecule has 0 unspecified atom stereocenters. The first kappa shape index (κ1) is 8.39. The predicted molar refractivity (Wildman–Crippen MR) is 46.2 cm³/mol. The molecule has 0 bridgehead atoms. The van der Waals surface area contributed by atoms with Gasteiger partial charge >= 0.3 is 5.97 Å². The molecule has 66 valence electrons. The van der Waals surface area contributed by atoms with E-state index in [-0.39, 0.29) is 12.0 Å². The van der Waals surface area contributed by atoms with Gasteiger partial charge in [-0.1, -0.05) is 29.3 Å². The monoisotopic (exact) mass is 206 g/mol. The fourth-order valence-electron chi connectivity index (χ4n) is 1.67. The highest BCUT2D eigenvalue weighted by Crippen LogP contribution is 2.45. The van der Waals surface area contributed by atoms with Crippen LogP contribution in [0.3, 0.4) is 0 Å². The first-order chi connectivity index (χ1) is 5.62. The van der Waals surface area contributed by atoms with Crippen LogP contribution in [0.5, 0.6) is 0 Å². The fourth-order valence-corrected chi connectivity index (χ4v) is 2.22. The zero-order valence-electron chi connectivity index (χ0n) is 6.30. The molecule has 1 aliphatic heterocycles. The standard InChI is InChI=1S/C8H8Cl2O2/c9-8(10)5-3-1-2-4-6(5)12-7(8)11/h2,4-6H,1,3H2/t5-,6+/m0/s1. The summed E-state index contributed by atoms with van der Waals surface area (Å²) in [6, 6.07) is 0. The van der Waals surface area contributed by atoms with E-state index in [0.29, 0.717) is 0 Å². The van der Waals surface area contributed by atoms with Crippen LogP contribution in [0, 0.1) is 5.92 Å². The molecule has 12 heavy (non-hydrogen) atoms. The number of halogens is 2.